The predicted molar refractivity (Wildman–Crippen MR) is 114 cm³/mol. The van der Waals surface area contributed by atoms with Gasteiger partial charge in [-0.15, -0.1) is 0 Å². The monoisotopic (exact) mass is 438 g/mol. The number of benzene rings is 1. The lowest BCUT2D eigenvalue weighted by atomic mass is 9.77. The zero-order valence-electron chi connectivity index (χ0n) is 17.6. The summed E-state index contributed by atoms with van der Waals surface area (Å²) in [6, 6.07) is 7.25. The first-order valence-electron chi connectivity index (χ1n) is 10.5. The van der Waals surface area contributed by atoms with Crippen LogP contribution in [-0.2, 0) is 19.1 Å². The number of methoxy groups -OCH3 is 1. The SMILES string of the molecule is COCCC(=O)N1CCCC(COc2cccc(Cl)c2)(CC(=O)N2CCOCC2)C1. The highest BCUT2D eigenvalue weighted by atomic mass is 35.5. The number of likely N-dealkylation sites (tertiary alicyclic amines) is 1. The zero-order valence-corrected chi connectivity index (χ0v) is 18.4. The van der Waals surface area contributed by atoms with E-state index in [0.29, 0.717) is 76.2 Å². The van der Waals surface area contributed by atoms with E-state index in [0.717, 1.165) is 12.8 Å². The van der Waals surface area contributed by atoms with E-state index in [-0.39, 0.29) is 11.8 Å². The fraction of sp³-hybridized carbons (Fsp3) is 0.636. The van der Waals surface area contributed by atoms with E-state index in [2.05, 4.69) is 0 Å². The highest BCUT2D eigenvalue weighted by molar-refractivity contribution is 6.30. The van der Waals surface area contributed by atoms with Crippen LogP contribution < -0.4 is 4.74 Å². The number of carbonyl (C=O) groups is 2. The minimum absolute atomic E-state index is 0.0579. The Morgan fingerprint density at radius 1 is 1.17 bits per heavy atom. The molecule has 0 radical (unpaired) electrons. The average molecular weight is 439 g/mol. The van der Waals surface area contributed by atoms with Gasteiger partial charge in [-0.25, -0.2) is 0 Å². The van der Waals surface area contributed by atoms with Crippen LogP contribution in [0.3, 0.4) is 0 Å². The molecule has 0 bridgehead atoms. The van der Waals surface area contributed by atoms with Crippen LogP contribution in [0.15, 0.2) is 24.3 Å². The van der Waals surface area contributed by atoms with E-state index in [4.69, 9.17) is 25.8 Å². The molecule has 2 aliphatic rings. The predicted octanol–water partition coefficient (Wildman–Crippen LogP) is 2.61. The number of morpholine rings is 1. The summed E-state index contributed by atoms with van der Waals surface area (Å²) in [7, 11) is 1.59. The van der Waals surface area contributed by atoms with Crippen LogP contribution in [-0.4, -0.2) is 81.3 Å². The molecule has 3 rings (SSSR count). The molecule has 2 fully saturated rings. The summed E-state index contributed by atoms with van der Waals surface area (Å²) in [4.78, 5) is 29.4. The number of amides is 2. The third-order valence-corrected chi connectivity index (χ3v) is 6.00. The Morgan fingerprint density at radius 3 is 2.70 bits per heavy atom. The summed E-state index contributed by atoms with van der Waals surface area (Å²) < 4.78 is 16.5. The number of hydrogen-bond acceptors (Lipinski definition) is 5. The molecule has 1 aromatic rings. The Balaban J connectivity index is 1.72. The maximum atomic E-state index is 13.1. The van der Waals surface area contributed by atoms with Crippen LogP contribution in [0, 0.1) is 5.41 Å². The van der Waals surface area contributed by atoms with Crippen molar-refractivity contribution in [3.8, 4) is 5.75 Å². The Kier molecular flexibility index (Phi) is 8.36. The third kappa shape index (κ3) is 6.33. The van der Waals surface area contributed by atoms with Crippen molar-refractivity contribution in [2.24, 2.45) is 5.41 Å². The minimum atomic E-state index is -0.432. The highest BCUT2D eigenvalue weighted by Crippen LogP contribution is 2.36. The van der Waals surface area contributed by atoms with E-state index in [1.54, 1.807) is 19.2 Å². The van der Waals surface area contributed by atoms with Gasteiger partial charge < -0.3 is 24.0 Å². The Bertz CT molecular complexity index is 725. The van der Waals surface area contributed by atoms with Gasteiger partial charge >= 0.3 is 0 Å². The van der Waals surface area contributed by atoms with E-state index in [1.165, 1.54) is 0 Å². The van der Waals surface area contributed by atoms with Crippen molar-refractivity contribution in [2.75, 3.05) is 59.7 Å². The number of ether oxygens (including phenoxy) is 3. The Morgan fingerprint density at radius 2 is 1.97 bits per heavy atom. The van der Waals surface area contributed by atoms with Crippen LogP contribution >= 0.6 is 11.6 Å². The maximum absolute atomic E-state index is 13.1. The van der Waals surface area contributed by atoms with E-state index >= 15 is 0 Å². The second-order valence-electron chi connectivity index (χ2n) is 8.08. The molecule has 1 atom stereocenters. The van der Waals surface area contributed by atoms with Crippen LogP contribution in [0.4, 0.5) is 0 Å². The number of carbonyl (C=O) groups excluding carboxylic acids is 2. The van der Waals surface area contributed by atoms with Crippen LogP contribution in [0.2, 0.25) is 5.02 Å². The molecule has 30 heavy (non-hydrogen) atoms. The second kappa shape index (κ2) is 11.0. The van der Waals surface area contributed by atoms with Gasteiger partial charge in [0.2, 0.25) is 11.8 Å². The highest BCUT2D eigenvalue weighted by Gasteiger charge is 2.41. The first kappa shape index (κ1) is 22.8. The molecule has 0 N–H and O–H groups in total. The van der Waals surface area contributed by atoms with E-state index in [9.17, 15) is 9.59 Å². The lowest BCUT2D eigenvalue weighted by Crippen LogP contribution is -2.52. The minimum Gasteiger partial charge on any atom is -0.493 e. The molecule has 1 unspecified atom stereocenters. The fourth-order valence-electron chi connectivity index (χ4n) is 4.12. The summed E-state index contributed by atoms with van der Waals surface area (Å²) in [5.41, 5.74) is -0.432. The van der Waals surface area contributed by atoms with Crippen molar-refractivity contribution in [1.82, 2.24) is 9.80 Å². The summed E-state index contributed by atoms with van der Waals surface area (Å²) in [6.45, 7) is 4.32. The number of halogens is 1. The molecule has 2 aliphatic heterocycles. The lowest BCUT2D eigenvalue weighted by molar-refractivity contribution is -0.144. The standard InChI is InChI=1S/C22H31ClN2O5/c1-28-11-6-20(26)25-8-3-7-22(16-25,15-21(27)24-9-12-29-13-10-24)17-30-19-5-2-4-18(23)14-19/h2,4-5,14H,3,6-13,15-17H2,1H3. The summed E-state index contributed by atoms with van der Waals surface area (Å²) in [6.07, 6.45) is 2.37. The van der Waals surface area contributed by atoms with Gasteiger partial charge in [0, 0.05) is 50.1 Å². The van der Waals surface area contributed by atoms with Gasteiger partial charge in [0.15, 0.2) is 0 Å². The molecule has 0 aliphatic carbocycles. The van der Waals surface area contributed by atoms with Gasteiger partial charge in [-0.3, -0.25) is 9.59 Å². The smallest absolute Gasteiger partial charge is 0.224 e. The topological polar surface area (TPSA) is 68.3 Å². The zero-order chi connectivity index (χ0) is 21.4. The number of piperidine rings is 1. The molecule has 0 spiro atoms. The van der Waals surface area contributed by atoms with Crippen LogP contribution in [0.5, 0.6) is 5.75 Å². The van der Waals surface area contributed by atoms with Crippen molar-refractivity contribution in [3.63, 3.8) is 0 Å². The molecule has 2 saturated heterocycles. The number of nitrogens with zero attached hydrogens (tertiary/aromatic N) is 2. The largest absolute Gasteiger partial charge is 0.493 e. The molecule has 1 aromatic carbocycles. The van der Waals surface area contributed by atoms with Gasteiger partial charge in [0.05, 0.1) is 32.8 Å². The molecular formula is C22H31ClN2O5. The normalized spacial score (nSPS) is 22.1. The number of rotatable bonds is 8. The second-order valence-corrected chi connectivity index (χ2v) is 8.51. The number of hydrogen-bond donors (Lipinski definition) is 0. The molecule has 7 nitrogen and oxygen atoms in total. The molecule has 0 aromatic heterocycles. The summed E-state index contributed by atoms with van der Waals surface area (Å²) >= 11 is 6.08. The van der Waals surface area contributed by atoms with Crippen LogP contribution in [0.25, 0.3) is 0 Å². The van der Waals surface area contributed by atoms with Crippen molar-refractivity contribution in [3.05, 3.63) is 29.3 Å². The van der Waals surface area contributed by atoms with Gasteiger partial charge in [-0.2, -0.15) is 0 Å². The van der Waals surface area contributed by atoms with E-state index < -0.39 is 5.41 Å². The summed E-state index contributed by atoms with van der Waals surface area (Å²) in [5.74, 6) is 0.824. The van der Waals surface area contributed by atoms with Crippen molar-refractivity contribution >= 4 is 23.4 Å². The van der Waals surface area contributed by atoms with Gasteiger partial charge in [0.25, 0.3) is 0 Å². The molecule has 2 heterocycles. The van der Waals surface area contributed by atoms with Crippen molar-refractivity contribution in [2.45, 2.75) is 25.7 Å². The summed E-state index contributed by atoms with van der Waals surface area (Å²) in [5, 5.41) is 0.603. The third-order valence-electron chi connectivity index (χ3n) is 5.77. The fourth-order valence-corrected chi connectivity index (χ4v) is 4.30. The average Bonchev–Trinajstić information content (AvgIpc) is 2.77. The quantitative estimate of drug-likeness (QED) is 0.624. The van der Waals surface area contributed by atoms with Crippen molar-refractivity contribution < 1.29 is 23.8 Å². The Labute approximate surface area is 183 Å². The van der Waals surface area contributed by atoms with Gasteiger partial charge in [0.1, 0.15) is 5.75 Å². The molecular weight excluding hydrogens is 408 g/mol. The van der Waals surface area contributed by atoms with E-state index in [1.807, 2.05) is 21.9 Å². The molecule has 8 heteroatoms. The lowest BCUT2D eigenvalue weighted by Gasteiger charge is -2.43. The Hall–Kier alpha value is -1.83. The first-order chi connectivity index (χ1) is 14.5. The molecule has 2 amide bonds. The van der Waals surface area contributed by atoms with Gasteiger partial charge in [-0.05, 0) is 31.0 Å². The maximum Gasteiger partial charge on any atom is 0.224 e. The molecule has 0 saturated carbocycles. The molecule has 166 valence electrons. The van der Waals surface area contributed by atoms with Crippen molar-refractivity contribution in [1.29, 1.82) is 0 Å². The first-order valence-corrected chi connectivity index (χ1v) is 10.9. The van der Waals surface area contributed by atoms with Crippen LogP contribution in [0.1, 0.15) is 25.7 Å². The van der Waals surface area contributed by atoms with Gasteiger partial charge in [-0.1, -0.05) is 17.7 Å².